The van der Waals surface area contributed by atoms with Gasteiger partial charge in [0, 0.05) is 38.8 Å². The van der Waals surface area contributed by atoms with Crippen LogP contribution in [0.3, 0.4) is 0 Å². The zero-order chi connectivity index (χ0) is 18.2. The van der Waals surface area contributed by atoms with Gasteiger partial charge in [0.15, 0.2) is 5.96 Å². The topological polar surface area (TPSA) is 60.0 Å². The molecule has 1 aromatic rings. The first-order valence-corrected chi connectivity index (χ1v) is 10.8. The standard InChI is InChI=1S/C19H31N5OS/c1-2-20-19(21-15-17(25)22-16-7-4-3-5-8-16)24-12-10-23(11-13-24)18-9-6-14-26-18/h6,9,14,16H,2-5,7-8,10-13,15H2,1H3,(H,20,21)(H,22,25). The van der Waals surface area contributed by atoms with Crippen LogP contribution in [-0.4, -0.2) is 62.1 Å². The molecule has 1 saturated heterocycles. The Morgan fingerprint density at radius 1 is 1.23 bits per heavy atom. The summed E-state index contributed by atoms with van der Waals surface area (Å²) in [5.41, 5.74) is 0. The molecule has 1 saturated carbocycles. The van der Waals surface area contributed by atoms with Crippen molar-refractivity contribution >= 4 is 28.2 Å². The van der Waals surface area contributed by atoms with Crippen LogP contribution in [0.4, 0.5) is 5.00 Å². The smallest absolute Gasteiger partial charge is 0.242 e. The van der Waals surface area contributed by atoms with E-state index in [1.165, 1.54) is 24.3 Å². The first-order valence-electron chi connectivity index (χ1n) is 9.87. The van der Waals surface area contributed by atoms with Crippen LogP contribution in [0.15, 0.2) is 22.5 Å². The maximum absolute atomic E-state index is 12.2. The van der Waals surface area contributed by atoms with E-state index in [0.717, 1.165) is 51.5 Å². The maximum atomic E-state index is 12.2. The first kappa shape index (κ1) is 19.0. The van der Waals surface area contributed by atoms with Crippen molar-refractivity contribution in [3.05, 3.63) is 17.5 Å². The Morgan fingerprint density at radius 3 is 2.65 bits per heavy atom. The van der Waals surface area contributed by atoms with E-state index >= 15 is 0 Å². The molecule has 0 unspecified atom stereocenters. The van der Waals surface area contributed by atoms with Crippen LogP contribution in [0.5, 0.6) is 0 Å². The molecule has 0 aromatic carbocycles. The molecule has 2 aliphatic rings. The molecule has 6 nitrogen and oxygen atoms in total. The van der Waals surface area contributed by atoms with Gasteiger partial charge < -0.3 is 20.4 Å². The number of carbonyl (C=O) groups excluding carboxylic acids is 1. The summed E-state index contributed by atoms with van der Waals surface area (Å²) in [6.07, 6.45) is 5.98. The molecule has 3 rings (SSSR count). The largest absolute Gasteiger partial charge is 0.360 e. The SMILES string of the molecule is CCNC(=NCC(=O)NC1CCCCC1)N1CCN(c2cccs2)CC1. The highest BCUT2D eigenvalue weighted by molar-refractivity contribution is 7.14. The molecule has 2 fully saturated rings. The normalized spacial score (nSPS) is 19.5. The molecule has 2 heterocycles. The van der Waals surface area contributed by atoms with Gasteiger partial charge in [-0.25, -0.2) is 4.99 Å². The van der Waals surface area contributed by atoms with Crippen molar-refractivity contribution in [1.82, 2.24) is 15.5 Å². The van der Waals surface area contributed by atoms with Gasteiger partial charge in [-0.3, -0.25) is 4.79 Å². The summed E-state index contributed by atoms with van der Waals surface area (Å²) in [7, 11) is 0. The lowest BCUT2D eigenvalue weighted by Gasteiger charge is -2.37. The molecule has 144 valence electrons. The monoisotopic (exact) mass is 377 g/mol. The fourth-order valence-electron chi connectivity index (χ4n) is 3.68. The highest BCUT2D eigenvalue weighted by Gasteiger charge is 2.21. The lowest BCUT2D eigenvalue weighted by atomic mass is 9.95. The summed E-state index contributed by atoms with van der Waals surface area (Å²) in [5, 5.41) is 9.94. The number of hydrogen-bond donors (Lipinski definition) is 2. The third-order valence-electron chi connectivity index (χ3n) is 5.07. The molecule has 26 heavy (non-hydrogen) atoms. The van der Waals surface area contributed by atoms with Crippen molar-refractivity contribution in [3.63, 3.8) is 0 Å². The predicted octanol–water partition coefficient (Wildman–Crippen LogP) is 2.28. The van der Waals surface area contributed by atoms with E-state index in [0.29, 0.717) is 6.04 Å². The molecule has 0 radical (unpaired) electrons. The van der Waals surface area contributed by atoms with Gasteiger partial charge in [-0.15, -0.1) is 11.3 Å². The molecule has 1 aliphatic carbocycles. The summed E-state index contributed by atoms with van der Waals surface area (Å²) in [5.74, 6) is 0.904. The van der Waals surface area contributed by atoms with E-state index in [-0.39, 0.29) is 12.5 Å². The van der Waals surface area contributed by atoms with Crippen molar-refractivity contribution in [2.75, 3.05) is 44.2 Å². The molecule has 0 bridgehead atoms. The van der Waals surface area contributed by atoms with E-state index in [9.17, 15) is 4.79 Å². The number of thiophene rings is 1. The third kappa shape index (κ3) is 5.37. The van der Waals surface area contributed by atoms with Crippen molar-refractivity contribution in [2.45, 2.75) is 45.1 Å². The predicted molar refractivity (Wildman–Crippen MR) is 109 cm³/mol. The Balaban J connectivity index is 1.49. The second-order valence-corrected chi connectivity index (χ2v) is 7.92. The van der Waals surface area contributed by atoms with Crippen LogP contribution >= 0.6 is 11.3 Å². The van der Waals surface area contributed by atoms with Crippen LogP contribution in [0.1, 0.15) is 39.0 Å². The van der Waals surface area contributed by atoms with Crippen molar-refractivity contribution in [2.24, 2.45) is 4.99 Å². The molecule has 7 heteroatoms. The fourth-order valence-corrected chi connectivity index (χ4v) is 4.47. The summed E-state index contributed by atoms with van der Waals surface area (Å²) in [4.78, 5) is 21.5. The molecule has 1 aliphatic heterocycles. The number of nitrogens with zero attached hydrogens (tertiary/aromatic N) is 3. The summed E-state index contributed by atoms with van der Waals surface area (Å²) in [6.45, 7) is 6.91. The molecule has 1 aromatic heterocycles. The molecular weight excluding hydrogens is 346 g/mol. The number of nitrogens with one attached hydrogen (secondary N) is 2. The van der Waals surface area contributed by atoms with Gasteiger partial charge in [-0.05, 0) is 37.3 Å². The minimum absolute atomic E-state index is 0.0459. The van der Waals surface area contributed by atoms with Crippen LogP contribution < -0.4 is 15.5 Å². The van der Waals surface area contributed by atoms with Crippen LogP contribution in [-0.2, 0) is 4.79 Å². The second-order valence-electron chi connectivity index (χ2n) is 7.00. The van der Waals surface area contributed by atoms with E-state index in [4.69, 9.17) is 0 Å². The Kier molecular flexibility index (Phi) is 7.17. The third-order valence-corrected chi connectivity index (χ3v) is 6.00. The number of hydrogen-bond acceptors (Lipinski definition) is 4. The Labute approximate surface area is 160 Å². The minimum atomic E-state index is 0.0459. The summed E-state index contributed by atoms with van der Waals surface area (Å²) >= 11 is 1.79. The van der Waals surface area contributed by atoms with Gasteiger partial charge >= 0.3 is 0 Å². The zero-order valence-electron chi connectivity index (χ0n) is 15.7. The molecular formula is C19H31N5OS. The van der Waals surface area contributed by atoms with Gasteiger partial charge in [0.1, 0.15) is 6.54 Å². The Hall–Kier alpha value is -1.76. The number of amides is 1. The number of piperazine rings is 1. The van der Waals surface area contributed by atoms with Crippen molar-refractivity contribution in [3.8, 4) is 0 Å². The number of guanidine groups is 1. The van der Waals surface area contributed by atoms with Gasteiger partial charge in [0.25, 0.3) is 0 Å². The maximum Gasteiger partial charge on any atom is 0.242 e. The quantitative estimate of drug-likeness (QED) is 0.611. The first-order chi connectivity index (χ1) is 12.8. The van der Waals surface area contributed by atoms with Gasteiger partial charge in [0.05, 0.1) is 5.00 Å². The number of aliphatic imine (C=N–C) groups is 1. The van der Waals surface area contributed by atoms with Crippen LogP contribution in [0.25, 0.3) is 0 Å². The Morgan fingerprint density at radius 2 is 2.00 bits per heavy atom. The average molecular weight is 378 g/mol. The second kappa shape index (κ2) is 9.80. The van der Waals surface area contributed by atoms with E-state index in [1.54, 1.807) is 11.3 Å². The number of anilines is 1. The molecule has 2 N–H and O–H groups in total. The average Bonchev–Trinajstić information content (AvgIpc) is 3.21. The van der Waals surface area contributed by atoms with Crippen molar-refractivity contribution in [1.29, 1.82) is 0 Å². The zero-order valence-corrected chi connectivity index (χ0v) is 16.6. The lowest BCUT2D eigenvalue weighted by molar-refractivity contribution is -0.120. The fraction of sp³-hybridized carbons (Fsp3) is 0.684. The van der Waals surface area contributed by atoms with E-state index in [2.05, 4.69) is 49.9 Å². The lowest BCUT2D eigenvalue weighted by Crippen LogP contribution is -2.52. The number of carbonyl (C=O) groups is 1. The summed E-state index contributed by atoms with van der Waals surface area (Å²) in [6, 6.07) is 4.63. The van der Waals surface area contributed by atoms with E-state index in [1.807, 2.05) is 0 Å². The van der Waals surface area contributed by atoms with Crippen molar-refractivity contribution < 1.29 is 4.79 Å². The van der Waals surface area contributed by atoms with Gasteiger partial charge in [-0.1, -0.05) is 19.3 Å². The minimum Gasteiger partial charge on any atom is -0.360 e. The number of rotatable bonds is 5. The van der Waals surface area contributed by atoms with Gasteiger partial charge in [-0.2, -0.15) is 0 Å². The van der Waals surface area contributed by atoms with Gasteiger partial charge in [0.2, 0.25) is 5.91 Å². The van der Waals surface area contributed by atoms with E-state index < -0.39 is 0 Å². The highest BCUT2D eigenvalue weighted by atomic mass is 32.1. The molecule has 0 atom stereocenters. The summed E-state index contributed by atoms with van der Waals surface area (Å²) < 4.78 is 0. The van der Waals surface area contributed by atoms with Crippen LogP contribution in [0.2, 0.25) is 0 Å². The molecule has 1 amide bonds. The molecule has 0 spiro atoms. The Bertz CT molecular complexity index is 575. The highest BCUT2D eigenvalue weighted by Crippen LogP contribution is 2.22. The van der Waals surface area contributed by atoms with Crippen LogP contribution in [0, 0.1) is 0 Å².